The average molecular weight is 404 g/mol. The van der Waals surface area contributed by atoms with Crippen molar-refractivity contribution in [3.8, 4) is 0 Å². The van der Waals surface area contributed by atoms with Crippen LogP contribution in [0.2, 0.25) is 0 Å². The number of benzene rings is 2. The number of ether oxygens (including phenoxy) is 2. The van der Waals surface area contributed by atoms with Gasteiger partial charge >= 0.3 is 11.9 Å². The van der Waals surface area contributed by atoms with Gasteiger partial charge in [-0.15, -0.1) is 0 Å². The molecule has 5 atom stereocenters. The summed E-state index contributed by atoms with van der Waals surface area (Å²) in [5.41, 5.74) is 1.48. The maximum absolute atomic E-state index is 12.5. The van der Waals surface area contributed by atoms with E-state index in [0.29, 0.717) is 18.4 Å². The Bertz CT molecular complexity index is 935. The molecule has 154 valence electrons. The summed E-state index contributed by atoms with van der Waals surface area (Å²) in [6, 6.07) is 18.5. The van der Waals surface area contributed by atoms with Crippen molar-refractivity contribution in [3.63, 3.8) is 0 Å². The van der Waals surface area contributed by atoms with Gasteiger partial charge < -0.3 is 14.6 Å². The molecular formula is C25H24O5. The van der Waals surface area contributed by atoms with E-state index in [9.17, 15) is 14.7 Å². The normalized spacial score (nSPS) is 26.6. The first-order valence-corrected chi connectivity index (χ1v) is 10.2. The average Bonchev–Trinajstić information content (AvgIpc) is 3.27. The van der Waals surface area contributed by atoms with E-state index in [1.165, 1.54) is 0 Å². The summed E-state index contributed by atoms with van der Waals surface area (Å²) in [5.74, 6) is -0.850. The van der Waals surface area contributed by atoms with Crippen LogP contribution >= 0.6 is 0 Å². The van der Waals surface area contributed by atoms with Crippen molar-refractivity contribution in [1.29, 1.82) is 0 Å². The maximum Gasteiger partial charge on any atom is 0.338 e. The van der Waals surface area contributed by atoms with Crippen molar-refractivity contribution in [3.05, 3.63) is 90.0 Å². The van der Waals surface area contributed by atoms with Gasteiger partial charge in [0.1, 0.15) is 12.2 Å². The number of aliphatic hydroxyl groups excluding tert-OH is 1. The van der Waals surface area contributed by atoms with E-state index < -0.39 is 18.2 Å². The van der Waals surface area contributed by atoms with E-state index in [-0.39, 0.29) is 23.9 Å². The fourth-order valence-electron chi connectivity index (χ4n) is 4.15. The standard InChI is InChI=1S/C25H24O5/c26-19(12-11-17-7-3-1-4-8-17)13-14-20-21-15-24(27)29-23(21)16-22(20)30-25(28)18-9-5-2-6-10-18/h1-14,19-23,26H,15-16H2/t19?,20-,21-,22-,23+/m1/s1. The first-order valence-electron chi connectivity index (χ1n) is 10.2. The van der Waals surface area contributed by atoms with Crippen LogP contribution in [-0.2, 0) is 14.3 Å². The molecular weight excluding hydrogens is 380 g/mol. The highest BCUT2D eigenvalue weighted by atomic mass is 16.6. The molecule has 1 saturated carbocycles. The van der Waals surface area contributed by atoms with Gasteiger partial charge in [0.15, 0.2) is 0 Å². The Morgan fingerprint density at radius 3 is 2.50 bits per heavy atom. The molecule has 5 heteroatoms. The lowest BCUT2D eigenvalue weighted by Crippen LogP contribution is -2.25. The Morgan fingerprint density at radius 1 is 1.07 bits per heavy atom. The Hall–Kier alpha value is -3.18. The van der Waals surface area contributed by atoms with Crippen molar-refractivity contribution in [2.45, 2.75) is 31.2 Å². The van der Waals surface area contributed by atoms with Crippen molar-refractivity contribution in [1.82, 2.24) is 0 Å². The van der Waals surface area contributed by atoms with Gasteiger partial charge in [0, 0.05) is 18.3 Å². The summed E-state index contributed by atoms with van der Waals surface area (Å²) >= 11 is 0. The van der Waals surface area contributed by atoms with E-state index >= 15 is 0 Å². The van der Waals surface area contributed by atoms with Crippen molar-refractivity contribution < 1.29 is 24.2 Å². The summed E-state index contributed by atoms with van der Waals surface area (Å²) in [5, 5.41) is 10.3. The third kappa shape index (κ3) is 4.69. The van der Waals surface area contributed by atoms with Crippen LogP contribution in [0, 0.1) is 11.8 Å². The molecule has 0 aromatic heterocycles. The molecule has 1 N–H and O–H groups in total. The second-order valence-electron chi connectivity index (χ2n) is 7.66. The van der Waals surface area contributed by atoms with Gasteiger partial charge in [0.25, 0.3) is 0 Å². The smallest absolute Gasteiger partial charge is 0.338 e. The maximum atomic E-state index is 12.5. The van der Waals surface area contributed by atoms with Crippen molar-refractivity contribution >= 4 is 18.0 Å². The summed E-state index contributed by atoms with van der Waals surface area (Å²) < 4.78 is 11.2. The predicted octanol–water partition coefficient (Wildman–Crippen LogP) is 3.79. The SMILES string of the molecule is O=C1C[C@@H]2[C@@H](C=CC(O)C=Cc3ccccc3)[C@H](OC(=O)c3ccccc3)C[C@@H]2O1. The van der Waals surface area contributed by atoms with Crippen molar-refractivity contribution in [2.24, 2.45) is 11.8 Å². The number of aliphatic hydroxyl groups is 1. The van der Waals surface area contributed by atoms with Crippen LogP contribution in [0.4, 0.5) is 0 Å². The quantitative estimate of drug-likeness (QED) is 0.586. The zero-order valence-electron chi connectivity index (χ0n) is 16.5. The second-order valence-corrected chi connectivity index (χ2v) is 7.66. The molecule has 0 amide bonds. The van der Waals surface area contributed by atoms with Gasteiger partial charge in [0.05, 0.1) is 18.1 Å². The van der Waals surface area contributed by atoms with Gasteiger partial charge in [-0.3, -0.25) is 4.79 Å². The van der Waals surface area contributed by atoms with Gasteiger partial charge in [-0.1, -0.05) is 72.8 Å². The van der Waals surface area contributed by atoms with Crippen molar-refractivity contribution in [2.75, 3.05) is 0 Å². The van der Waals surface area contributed by atoms with E-state index in [1.807, 2.05) is 48.6 Å². The number of esters is 2. The molecule has 2 aromatic carbocycles. The first kappa shape index (κ1) is 20.1. The van der Waals surface area contributed by atoms with E-state index in [2.05, 4.69) is 0 Å². The topological polar surface area (TPSA) is 72.8 Å². The fraction of sp³-hybridized carbons (Fsp3) is 0.280. The summed E-state index contributed by atoms with van der Waals surface area (Å²) in [7, 11) is 0. The highest BCUT2D eigenvalue weighted by molar-refractivity contribution is 5.89. The molecule has 2 aliphatic rings. The predicted molar refractivity (Wildman–Crippen MR) is 112 cm³/mol. The van der Waals surface area contributed by atoms with Crippen LogP contribution in [0.15, 0.2) is 78.9 Å². The number of hydrogen-bond acceptors (Lipinski definition) is 5. The Balaban J connectivity index is 1.45. The second kappa shape index (κ2) is 9.09. The van der Waals surface area contributed by atoms with E-state index in [1.54, 1.807) is 36.4 Å². The minimum atomic E-state index is -0.784. The largest absolute Gasteiger partial charge is 0.462 e. The van der Waals surface area contributed by atoms with Crippen LogP contribution in [0.1, 0.15) is 28.8 Å². The van der Waals surface area contributed by atoms with Crippen LogP contribution in [0.3, 0.4) is 0 Å². The minimum Gasteiger partial charge on any atom is -0.462 e. The number of fused-ring (bicyclic) bond motifs is 1. The number of carbonyl (C=O) groups excluding carboxylic acids is 2. The monoisotopic (exact) mass is 404 g/mol. The summed E-state index contributed by atoms with van der Waals surface area (Å²) in [6.07, 6.45) is 6.41. The molecule has 1 aliphatic heterocycles. The van der Waals surface area contributed by atoms with Crippen LogP contribution < -0.4 is 0 Å². The molecule has 0 radical (unpaired) electrons. The Kier molecular flexibility index (Phi) is 6.10. The number of hydrogen-bond donors (Lipinski definition) is 1. The van der Waals surface area contributed by atoms with Crippen LogP contribution in [0.25, 0.3) is 6.08 Å². The van der Waals surface area contributed by atoms with E-state index in [4.69, 9.17) is 9.47 Å². The molecule has 1 aliphatic carbocycles. The zero-order chi connectivity index (χ0) is 20.9. The zero-order valence-corrected chi connectivity index (χ0v) is 16.5. The molecule has 0 spiro atoms. The van der Waals surface area contributed by atoms with Crippen LogP contribution in [0.5, 0.6) is 0 Å². The molecule has 1 heterocycles. The molecule has 1 saturated heterocycles. The third-order valence-corrected chi connectivity index (χ3v) is 5.63. The lowest BCUT2D eigenvalue weighted by atomic mass is 9.91. The number of carbonyl (C=O) groups is 2. The molecule has 1 unspecified atom stereocenters. The lowest BCUT2D eigenvalue weighted by Gasteiger charge is -2.20. The highest BCUT2D eigenvalue weighted by Gasteiger charge is 2.50. The fourth-order valence-corrected chi connectivity index (χ4v) is 4.15. The molecule has 4 rings (SSSR count). The van der Waals surface area contributed by atoms with Gasteiger partial charge in [-0.25, -0.2) is 4.79 Å². The van der Waals surface area contributed by atoms with E-state index in [0.717, 1.165) is 5.56 Å². The van der Waals surface area contributed by atoms with Gasteiger partial charge in [-0.05, 0) is 17.7 Å². The first-order chi connectivity index (χ1) is 14.6. The lowest BCUT2D eigenvalue weighted by molar-refractivity contribution is -0.141. The Labute approximate surface area is 175 Å². The summed E-state index contributed by atoms with van der Waals surface area (Å²) in [4.78, 5) is 24.2. The minimum absolute atomic E-state index is 0.0485. The number of rotatable bonds is 6. The molecule has 0 bridgehead atoms. The molecule has 5 nitrogen and oxygen atoms in total. The van der Waals surface area contributed by atoms with Gasteiger partial charge in [0.2, 0.25) is 0 Å². The Morgan fingerprint density at radius 2 is 1.77 bits per heavy atom. The summed E-state index contributed by atoms with van der Waals surface area (Å²) in [6.45, 7) is 0. The molecule has 2 aromatic rings. The van der Waals surface area contributed by atoms with Gasteiger partial charge in [-0.2, -0.15) is 0 Å². The highest BCUT2D eigenvalue weighted by Crippen LogP contribution is 2.43. The van der Waals surface area contributed by atoms with Crippen LogP contribution in [-0.4, -0.2) is 35.4 Å². The molecule has 30 heavy (non-hydrogen) atoms. The third-order valence-electron chi connectivity index (χ3n) is 5.63. The molecule has 2 fully saturated rings.